The highest BCUT2D eigenvalue weighted by Gasteiger charge is 2.55. The van der Waals surface area contributed by atoms with Crippen LogP contribution in [0.4, 0.5) is 10.5 Å². The number of hydrogen-bond donors (Lipinski definition) is 2. The molecule has 0 bridgehead atoms. The minimum Gasteiger partial charge on any atom is -0.380 e. The zero-order chi connectivity index (χ0) is 18.9. The Labute approximate surface area is 149 Å². The number of rotatable bonds is 4. The molecule has 6 nitrogen and oxygen atoms in total. The van der Waals surface area contributed by atoms with Gasteiger partial charge in [0.25, 0.3) is 5.91 Å². The van der Waals surface area contributed by atoms with E-state index in [2.05, 4.69) is 31.4 Å². The molecule has 0 saturated heterocycles. The third-order valence-electron chi connectivity index (χ3n) is 5.22. The van der Waals surface area contributed by atoms with Crippen LogP contribution in [0, 0.1) is 18.3 Å². The summed E-state index contributed by atoms with van der Waals surface area (Å²) >= 11 is 0. The second-order valence-electron chi connectivity index (χ2n) is 7.64. The van der Waals surface area contributed by atoms with Gasteiger partial charge < -0.3 is 20.3 Å². The minimum absolute atomic E-state index is 0.0318. The second-order valence-corrected chi connectivity index (χ2v) is 7.64. The Morgan fingerprint density at radius 1 is 1.24 bits per heavy atom. The molecular weight excluding hydrogens is 318 g/mol. The number of hydrogen-bond acceptors (Lipinski definition) is 3. The van der Waals surface area contributed by atoms with Crippen LogP contribution >= 0.6 is 0 Å². The van der Waals surface area contributed by atoms with E-state index < -0.39 is 0 Å². The molecule has 0 heterocycles. The lowest BCUT2D eigenvalue weighted by molar-refractivity contribution is -0.140. The molecule has 1 aromatic carbocycles. The standard InChI is InChI=1S/C19H29N3O3/c1-11-8-9-13(17(23)22(5)6)10-14(11)20-18(24)21-15-12(2)16(25-7)19(15,3)4/h8-10,12,15-16H,1-7H3,(H2,20,21,24)/t12-,15-,16-/m1/s1. The molecule has 1 aliphatic carbocycles. The zero-order valence-corrected chi connectivity index (χ0v) is 16.1. The number of carbonyl (C=O) groups is 2. The maximum atomic E-state index is 12.5. The molecule has 2 N–H and O–H groups in total. The molecule has 1 fully saturated rings. The van der Waals surface area contributed by atoms with Crippen LogP contribution in [-0.2, 0) is 4.74 Å². The first-order valence-electron chi connectivity index (χ1n) is 8.52. The number of benzene rings is 1. The highest BCUT2D eigenvalue weighted by Crippen LogP contribution is 2.46. The van der Waals surface area contributed by atoms with E-state index in [0.29, 0.717) is 11.3 Å². The maximum absolute atomic E-state index is 12.5. The van der Waals surface area contributed by atoms with Gasteiger partial charge in [-0.25, -0.2) is 4.79 Å². The summed E-state index contributed by atoms with van der Waals surface area (Å²) in [5.41, 5.74) is 1.96. The quantitative estimate of drug-likeness (QED) is 0.880. The number of nitrogens with one attached hydrogen (secondary N) is 2. The molecule has 1 aromatic rings. The largest absolute Gasteiger partial charge is 0.380 e. The number of nitrogens with zero attached hydrogens (tertiary/aromatic N) is 1. The van der Waals surface area contributed by atoms with E-state index in [1.165, 1.54) is 4.90 Å². The summed E-state index contributed by atoms with van der Waals surface area (Å²) < 4.78 is 5.51. The Kier molecular flexibility index (Phi) is 5.42. The first kappa shape index (κ1) is 19.2. The lowest BCUT2D eigenvalue weighted by Crippen LogP contribution is -2.68. The van der Waals surface area contributed by atoms with E-state index >= 15 is 0 Å². The number of ether oxygens (including phenoxy) is 1. The summed E-state index contributed by atoms with van der Waals surface area (Å²) in [4.78, 5) is 26.1. The fraction of sp³-hybridized carbons (Fsp3) is 0.579. The van der Waals surface area contributed by atoms with Crippen molar-refractivity contribution in [1.82, 2.24) is 10.2 Å². The average molecular weight is 347 g/mol. The van der Waals surface area contributed by atoms with Crippen LogP contribution in [0.3, 0.4) is 0 Å². The monoisotopic (exact) mass is 347 g/mol. The Hall–Kier alpha value is -2.08. The highest BCUT2D eigenvalue weighted by molar-refractivity contribution is 5.97. The molecule has 3 amide bonds. The number of amides is 3. The van der Waals surface area contributed by atoms with Crippen LogP contribution in [0.1, 0.15) is 36.7 Å². The molecular formula is C19H29N3O3. The highest BCUT2D eigenvalue weighted by atomic mass is 16.5. The molecule has 138 valence electrons. The zero-order valence-electron chi connectivity index (χ0n) is 16.1. The summed E-state index contributed by atoms with van der Waals surface area (Å²) in [6, 6.07) is 5.08. The minimum atomic E-state index is -0.267. The molecule has 1 saturated carbocycles. The van der Waals surface area contributed by atoms with Crippen LogP contribution < -0.4 is 10.6 Å². The molecule has 0 radical (unpaired) electrons. The van der Waals surface area contributed by atoms with Crippen molar-refractivity contribution in [3.63, 3.8) is 0 Å². The van der Waals surface area contributed by atoms with E-state index in [0.717, 1.165) is 5.56 Å². The Bertz CT molecular complexity index is 670. The Balaban J connectivity index is 2.09. The fourth-order valence-corrected chi connectivity index (χ4v) is 3.87. The van der Waals surface area contributed by atoms with E-state index in [9.17, 15) is 9.59 Å². The van der Waals surface area contributed by atoms with Gasteiger partial charge >= 0.3 is 6.03 Å². The second kappa shape index (κ2) is 7.04. The van der Waals surface area contributed by atoms with Crippen molar-refractivity contribution in [3.8, 4) is 0 Å². The van der Waals surface area contributed by atoms with Gasteiger partial charge in [-0.3, -0.25) is 4.79 Å². The molecule has 0 spiro atoms. The summed E-state index contributed by atoms with van der Waals surface area (Å²) in [5, 5.41) is 5.92. The fourth-order valence-electron chi connectivity index (χ4n) is 3.87. The molecule has 6 heteroatoms. The van der Waals surface area contributed by atoms with Gasteiger partial charge in [-0.15, -0.1) is 0 Å². The van der Waals surface area contributed by atoms with Crippen molar-refractivity contribution in [1.29, 1.82) is 0 Å². The molecule has 25 heavy (non-hydrogen) atoms. The summed E-state index contributed by atoms with van der Waals surface area (Å²) in [6.07, 6.45) is 0.126. The van der Waals surface area contributed by atoms with Crippen LogP contribution in [0.5, 0.6) is 0 Å². The summed E-state index contributed by atoms with van der Waals surface area (Å²) in [6.45, 7) is 8.16. The van der Waals surface area contributed by atoms with Crippen molar-refractivity contribution in [2.75, 3.05) is 26.5 Å². The van der Waals surface area contributed by atoms with Gasteiger partial charge in [0.05, 0.1) is 6.10 Å². The van der Waals surface area contributed by atoms with Crippen LogP contribution in [0.2, 0.25) is 0 Å². The van der Waals surface area contributed by atoms with Gasteiger partial charge in [0, 0.05) is 49.8 Å². The van der Waals surface area contributed by atoms with Crippen LogP contribution in [0.15, 0.2) is 18.2 Å². The molecule has 0 aliphatic heterocycles. The van der Waals surface area contributed by atoms with Gasteiger partial charge in [-0.1, -0.05) is 26.8 Å². The van der Waals surface area contributed by atoms with Crippen molar-refractivity contribution in [3.05, 3.63) is 29.3 Å². The van der Waals surface area contributed by atoms with E-state index in [4.69, 9.17) is 4.74 Å². The summed E-state index contributed by atoms with van der Waals surface area (Å²) in [5.74, 6) is 0.147. The number of carbonyl (C=O) groups excluding carboxylic acids is 2. The molecule has 0 aromatic heterocycles. The molecule has 1 aliphatic rings. The first-order valence-corrected chi connectivity index (χ1v) is 8.52. The topological polar surface area (TPSA) is 70.7 Å². The van der Waals surface area contributed by atoms with Gasteiger partial charge in [-0.2, -0.15) is 0 Å². The Morgan fingerprint density at radius 3 is 2.40 bits per heavy atom. The average Bonchev–Trinajstić information content (AvgIpc) is 2.54. The maximum Gasteiger partial charge on any atom is 0.319 e. The molecule has 2 rings (SSSR count). The number of anilines is 1. The van der Waals surface area contributed by atoms with E-state index in [1.54, 1.807) is 33.3 Å². The van der Waals surface area contributed by atoms with Crippen molar-refractivity contribution < 1.29 is 14.3 Å². The summed E-state index contributed by atoms with van der Waals surface area (Å²) in [7, 11) is 5.11. The first-order chi connectivity index (χ1) is 11.6. The number of methoxy groups -OCH3 is 1. The Morgan fingerprint density at radius 2 is 1.88 bits per heavy atom. The normalized spacial score (nSPS) is 24.2. The van der Waals surface area contributed by atoms with Crippen molar-refractivity contribution in [2.24, 2.45) is 11.3 Å². The van der Waals surface area contributed by atoms with Gasteiger partial charge in [-0.05, 0) is 24.6 Å². The van der Waals surface area contributed by atoms with Gasteiger partial charge in [0.2, 0.25) is 0 Å². The SMILES string of the molecule is CO[C@@H]1[C@H](C)[C@@H](NC(=O)Nc2cc(C(=O)N(C)C)ccc2C)C1(C)C. The number of aryl methyl sites for hydroxylation is 1. The van der Waals surface area contributed by atoms with E-state index in [-0.39, 0.29) is 35.4 Å². The van der Waals surface area contributed by atoms with E-state index in [1.807, 2.05) is 13.0 Å². The van der Waals surface area contributed by atoms with Crippen molar-refractivity contribution in [2.45, 2.75) is 39.8 Å². The lowest BCUT2D eigenvalue weighted by atomic mass is 9.58. The lowest BCUT2D eigenvalue weighted by Gasteiger charge is -2.56. The predicted molar refractivity (Wildman–Crippen MR) is 98.9 cm³/mol. The molecule has 0 unspecified atom stereocenters. The van der Waals surface area contributed by atoms with Gasteiger partial charge in [0.1, 0.15) is 0 Å². The third kappa shape index (κ3) is 3.63. The van der Waals surface area contributed by atoms with Crippen LogP contribution in [0.25, 0.3) is 0 Å². The van der Waals surface area contributed by atoms with Gasteiger partial charge in [0.15, 0.2) is 0 Å². The van der Waals surface area contributed by atoms with Crippen molar-refractivity contribution >= 4 is 17.6 Å². The molecule has 3 atom stereocenters. The third-order valence-corrected chi connectivity index (χ3v) is 5.22. The number of urea groups is 1. The smallest absolute Gasteiger partial charge is 0.319 e. The predicted octanol–water partition coefficient (Wildman–Crippen LogP) is 2.88. The van der Waals surface area contributed by atoms with Crippen LogP contribution in [-0.4, -0.2) is 50.2 Å².